The molecule has 20 heavy (non-hydrogen) atoms. The van der Waals surface area contributed by atoms with E-state index in [4.69, 9.17) is 4.74 Å². The Morgan fingerprint density at radius 1 is 1.45 bits per heavy atom. The third kappa shape index (κ3) is 4.11. The predicted octanol–water partition coefficient (Wildman–Crippen LogP) is 1.00. The van der Waals surface area contributed by atoms with Crippen molar-refractivity contribution in [3.63, 3.8) is 0 Å². The number of likely N-dealkylation sites (tertiary alicyclic amines) is 1. The molecule has 0 aromatic carbocycles. The summed E-state index contributed by atoms with van der Waals surface area (Å²) >= 11 is 1.64. The molecule has 1 N–H and O–H groups in total. The van der Waals surface area contributed by atoms with E-state index >= 15 is 0 Å². The quantitative estimate of drug-likeness (QED) is 0.839. The van der Waals surface area contributed by atoms with Gasteiger partial charge in [-0.2, -0.15) is 5.26 Å². The van der Waals surface area contributed by atoms with Gasteiger partial charge in [-0.25, -0.2) is 0 Å². The second kappa shape index (κ2) is 7.30. The minimum Gasteiger partial charge on any atom is -0.381 e. The number of carbonyl (C=O) groups is 1. The van der Waals surface area contributed by atoms with Gasteiger partial charge in [-0.05, 0) is 31.9 Å². The molecule has 0 spiro atoms. The minimum absolute atomic E-state index is 0.102. The Hall–Kier alpha value is -0.770. The van der Waals surface area contributed by atoms with Crippen LogP contribution in [0, 0.1) is 11.3 Å². The average Bonchev–Trinajstić information content (AvgIpc) is 2.49. The summed E-state index contributed by atoms with van der Waals surface area (Å²) in [5, 5.41) is 12.3. The van der Waals surface area contributed by atoms with Gasteiger partial charge in [-0.15, -0.1) is 11.8 Å². The molecule has 2 saturated heterocycles. The zero-order valence-corrected chi connectivity index (χ0v) is 12.9. The summed E-state index contributed by atoms with van der Waals surface area (Å²) in [6, 6.07) is 2.70. The Labute approximate surface area is 125 Å². The zero-order chi connectivity index (χ0) is 14.4. The maximum Gasteiger partial charge on any atom is 0.234 e. The van der Waals surface area contributed by atoms with Crippen molar-refractivity contribution < 1.29 is 9.53 Å². The minimum atomic E-state index is -0.242. The first-order valence-corrected chi connectivity index (χ1v) is 8.46. The molecule has 2 heterocycles. The van der Waals surface area contributed by atoms with Crippen molar-refractivity contribution in [2.45, 2.75) is 36.5 Å². The highest BCUT2D eigenvalue weighted by molar-refractivity contribution is 8.00. The van der Waals surface area contributed by atoms with Gasteiger partial charge < -0.3 is 10.1 Å². The molecule has 5 nitrogen and oxygen atoms in total. The molecule has 0 aliphatic carbocycles. The van der Waals surface area contributed by atoms with Gasteiger partial charge in [0.15, 0.2) is 0 Å². The maximum absolute atomic E-state index is 12.0. The van der Waals surface area contributed by atoms with Crippen molar-refractivity contribution in [1.82, 2.24) is 10.2 Å². The molecule has 112 valence electrons. The average molecular weight is 297 g/mol. The van der Waals surface area contributed by atoms with Gasteiger partial charge in [0, 0.05) is 32.3 Å². The number of thioether (sulfide) groups is 1. The first kappa shape index (κ1) is 15.6. The summed E-state index contributed by atoms with van der Waals surface area (Å²) in [4.78, 5) is 14.2. The summed E-state index contributed by atoms with van der Waals surface area (Å²) in [7, 11) is 0. The number of nitrogens with zero attached hydrogens (tertiary/aromatic N) is 2. The number of hydrogen-bond donors (Lipinski definition) is 1. The van der Waals surface area contributed by atoms with Crippen LogP contribution in [0.15, 0.2) is 0 Å². The number of rotatable bonds is 4. The van der Waals surface area contributed by atoms with E-state index in [-0.39, 0.29) is 16.7 Å². The van der Waals surface area contributed by atoms with Crippen molar-refractivity contribution in [3.05, 3.63) is 0 Å². The molecule has 1 amide bonds. The molecule has 0 radical (unpaired) electrons. The standard InChI is InChI=1S/C14H23N3O2S/c1-20-14(11-15)4-6-17(7-5-14)10-13(18)16-12-2-8-19-9-3-12/h12H,2-10H2,1H3,(H,16,18). The first-order chi connectivity index (χ1) is 9.67. The second-order valence-electron chi connectivity index (χ2n) is 5.54. The molecular formula is C14H23N3O2S. The number of hydrogen-bond acceptors (Lipinski definition) is 5. The Morgan fingerprint density at radius 3 is 2.65 bits per heavy atom. The van der Waals surface area contributed by atoms with Gasteiger partial charge in [0.1, 0.15) is 4.75 Å². The lowest BCUT2D eigenvalue weighted by molar-refractivity contribution is -0.123. The highest BCUT2D eigenvalue weighted by Gasteiger charge is 2.34. The molecule has 2 fully saturated rings. The van der Waals surface area contributed by atoms with E-state index in [1.807, 2.05) is 6.26 Å². The Balaban J connectivity index is 1.72. The molecule has 6 heteroatoms. The summed E-state index contributed by atoms with van der Waals surface area (Å²) in [6.07, 6.45) is 5.51. The summed E-state index contributed by atoms with van der Waals surface area (Å²) < 4.78 is 5.04. The van der Waals surface area contributed by atoms with Crippen LogP contribution in [-0.2, 0) is 9.53 Å². The van der Waals surface area contributed by atoms with Gasteiger partial charge in [0.05, 0.1) is 12.6 Å². The number of nitrogens with one attached hydrogen (secondary N) is 1. The van der Waals surface area contributed by atoms with Crippen molar-refractivity contribution in [2.24, 2.45) is 0 Å². The lowest BCUT2D eigenvalue weighted by Crippen LogP contribution is -2.48. The van der Waals surface area contributed by atoms with Crippen LogP contribution in [0.25, 0.3) is 0 Å². The molecule has 0 saturated carbocycles. The van der Waals surface area contributed by atoms with E-state index in [2.05, 4.69) is 16.3 Å². The van der Waals surface area contributed by atoms with Gasteiger partial charge in [-0.1, -0.05) is 0 Å². The van der Waals surface area contributed by atoms with E-state index in [1.165, 1.54) is 0 Å². The number of piperidine rings is 1. The lowest BCUT2D eigenvalue weighted by atomic mass is 9.97. The summed E-state index contributed by atoms with van der Waals surface area (Å²) in [5.74, 6) is 0.102. The SMILES string of the molecule is CSC1(C#N)CCN(CC(=O)NC2CCOCC2)CC1. The monoisotopic (exact) mass is 297 g/mol. The van der Waals surface area contributed by atoms with Crippen molar-refractivity contribution >= 4 is 17.7 Å². The van der Waals surface area contributed by atoms with Crippen LogP contribution in [0.2, 0.25) is 0 Å². The number of amides is 1. The van der Waals surface area contributed by atoms with Crippen molar-refractivity contribution in [2.75, 3.05) is 39.1 Å². The van der Waals surface area contributed by atoms with Crippen LogP contribution in [0.3, 0.4) is 0 Å². The fourth-order valence-electron chi connectivity index (χ4n) is 2.75. The molecular weight excluding hydrogens is 274 g/mol. The molecule has 2 aliphatic heterocycles. The van der Waals surface area contributed by atoms with E-state index in [0.29, 0.717) is 6.54 Å². The fraction of sp³-hybridized carbons (Fsp3) is 0.857. The van der Waals surface area contributed by atoms with Gasteiger partial charge >= 0.3 is 0 Å². The smallest absolute Gasteiger partial charge is 0.234 e. The third-order valence-electron chi connectivity index (χ3n) is 4.21. The third-order valence-corrected chi connectivity index (χ3v) is 5.49. The van der Waals surface area contributed by atoms with Gasteiger partial charge in [-0.3, -0.25) is 9.69 Å². The van der Waals surface area contributed by atoms with Crippen LogP contribution in [0.1, 0.15) is 25.7 Å². The largest absolute Gasteiger partial charge is 0.381 e. The Bertz CT molecular complexity index is 369. The van der Waals surface area contributed by atoms with Crippen LogP contribution < -0.4 is 5.32 Å². The Kier molecular flexibility index (Phi) is 5.70. The summed E-state index contributed by atoms with van der Waals surface area (Å²) in [5.41, 5.74) is 0. The molecule has 2 aliphatic rings. The molecule has 0 aromatic heterocycles. The highest BCUT2D eigenvalue weighted by Crippen LogP contribution is 2.33. The van der Waals surface area contributed by atoms with Gasteiger partial charge in [0.25, 0.3) is 0 Å². The van der Waals surface area contributed by atoms with Crippen LogP contribution >= 0.6 is 11.8 Å². The Morgan fingerprint density at radius 2 is 2.10 bits per heavy atom. The van der Waals surface area contributed by atoms with Crippen molar-refractivity contribution in [3.8, 4) is 6.07 Å². The van der Waals surface area contributed by atoms with Crippen LogP contribution in [0.4, 0.5) is 0 Å². The molecule has 0 atom stereocenters. The topological polar surface area (TPSA) is 65.4 Å². The molecule has 0 aromatic rings. The maximum atomic E-state index is 12.0. The number of ether oxygens (including phenoxy) is 1. The molecule has 0 unspecified atom stereocenters. The number of nitriles is 1. The second-order valence-corrected chi connectivity index (χ2v) is 6.73. The van der Waals surface area contributed by atoms with Crippen molar-refractivity contribution in [1.29, 1.82) is 5.26 Å². The molecule has 2 rings (SSSR count). The predicted molar refractivity (Wildman–Crippen MR) is 79.5 cm³/mol. The van der Waals surface area contributed by atoms with E-state index in [1.54, 1.807) is 11.8 Å². The van der Waals surface area contributed by atoms with Crippen LogP contribution in [-0.4, -0.2) is 60.7 Å². The number of carbonyl (C=O) groups excluding carboxylic acids is 1. The zero-order valence-electron chi connectivity index (χ0n) is 12.1. The summed E-state index contributed by atoms with van der Waals surface area (Å²) in [6.45, 7) is 3.60. The van der Waals surface area contributed by atoms with E-state index in [9.17, 15) is 10.1 Å². The molecule has 0 bridgehead atoms. The lowest BCUT2D eigenvalue weighted by Gasteiger charge is -2.36. The fourth-order valence-corrected chi connectivity index (χ4v) is 3.43. The van der Waals surface area contributed by atoms with Crippen LogP contribution in [0.5, 0.6) is 0 Å². The van der Waals surface area contributed by atoms with E-state index in [0.717, 1.165) is 52.0 Å². The van der Waals surface area contributed by atoms with E-state index < -0.39 is 0 Å². The highest BCUT2D eigenvalue weighted by atomic mass is 32.2. The first-order valence-electron chi connectivity index (χ1n) is 7.23. The van der Waals surface area contributed by atoms with Gasteiger partial charge in [0.2, 0.25) is 5.91 Å². The normalized spacial score (nSPS) is 24.0.